The lowest BCUT2D eigenvalue weighted by atomic mass is 9.94. The summed E-state index contributed by atoms with van der Waals surface area (Å²) in [5, 5.41) is 3.95. The van der Waals surface area contributed by atoms with Gasteiger partial charge in [-0.2, -0.15) is 0 Å². The van der Waals surface area contributed by atoms with Gasteiger partial charge in [-0.15, -0.1) is 0 Å². The number of nitrogens with zero attached hydrogens (tertiary/aromatic N) is 1. The van der Waals surface area contributed by atoms with Crippen LogP contribution in [0.3, 0.4) is 0 Å². The quantitative estimate of drug-likeness (QED) is 0.734. The van der Waals surface area contributed by atoms with Gasteiger partial charge in [-0.3, -0.25) is 0 Å². The molecular weight excluding hydrogens is 244 g/mol. The van der Waals surface area contributed by atoms with Gasteiger partial charge < -0.3 is 10.2 Å². The molecule has 2 fully saturated rings. The summed E-state index contributed by atoms with van der Waals surface area (Å²) in [7, 11) is 4.55. The summed E-state index contributed by atoms with van der Waals surface area (Å²) in [6, 6.07) is 0.786. The third-order valence-electron chi connectivity index (χ3n) is 5.99. The molecule has 0 amide bonds. The van der Waals surface area contributed by atoms with Gasteiger partial charge in [0.15, 0.2) is 0 Å². The van der Waals surface area contributed by atoms with Crippen LogP contribution in [0.1, 0.15) is 77.6 Å². The highest BCUT2D eigenvalue weighted by Gasteiger charge is 2.36. The fourth-order valence-electron chi connectivity index (χ4n) is 4.43. The molecule has 2 nitrogen and oxygen atoms in total. The van der Waals surface area contributed by atoms with E-state index in [1.165, 1.54) is 77.2 Å². The molecule has 20 heavy (non-hydrogen) atoms. The second kappa shape index (κ2) is 7.79. The van der Waals surface area contributed by atoms with Crippen LogP contribution < -0.4 is 5.32 Å². The number of likely N-dealkylation sites (N-methyl/N-ethyl adjacent to an activating group) is 1. The summed E-state index contributed by atoms with van der Waals surface area (Å²) in [5.74, 6) is 1.01. The molecule has 0 aromatic rings. The zero-order chi connectivity index (χ0) is 14.4. The Morgan fingerprint density at radius 2 is 1.75 bits per heavy atom. The highest BCUT2D eigenvalue weighted by molar-refractivity contribution is 4.95. The molecule has 2 unspecified atom stereocenters. The number of rotatable bonds is 6. The Hall–Kier alpha value is -0.0800. The van der Waals surface area contributed by atoms with Crippen molar-refractivity contribution in [2.75, 3.05) is 20.6 Å². The second-order valence-electron chi connectivity index (χ2n) is 7.57. The first-order chi connectivity index (χ1) is 9.66. The van der Waals surface area contributed by atoms with Crippen molar-refractivity contribution >= 4 is 0 Å². The Morgan fingerprint density at radius 3 is 2.40 bits per heavy atom. The molecule has 0 saturated heterocycles. The first-order valence-corrected chi connectivity index (χ1v) is 9.07. The van der Waals surface area contributed by atoms with Crippen LogP contribution in [-0.4, -0.2) is 37.1 Å². The van der Waals surface area contributed by atoms with Crippen molar-refractivity contribution in [1.82, 2.24) is 10.2 Å². The van der Waals surface area contributed by atoms with Gasteiger partial charge in [-0.1, -0.05) is 45.4 Å². The third-order valence-corrected chi connectivity index (χ3v) is 5.99. The van der Waals surface area contributed by atoms with Crippen LogP contribution in [0.15, 0.2) is 0 Å². The van der Waals surface area contributed by atoms with Gasteiger partial charge >= 0.3 is 0 Å². The first-order valence-electron chi connectivity index (χ1n) is 9.07. The van der Waals surface area contributed by atoms with Crippen LogP contribution in [-0.2, 0) is 0 Å². The molecule has 1 N–H and O–H groups in total. The Labute approximate surface area is 126 Å². The summed E-state index contributed by atoms with van der Waals surface area (Å²) >= 11 is 0. The van der Waals surface area contributed by atoms with E-state index in [2.05, 4.69) is 31.2 Å². The Morgan fingerprint density at radius 1 is 1.00 bits per heavy atom. The number of nitrogens with one attached hydrogen (secondary N) is 1. The molecule has 0 aromatic heterocycles. The fourth-order valence-corrected chi connectivity index (χ4v) is 4.43. The van der Waals surface area contributed by atoms with E-state index >= 15 is 0 Å². The van der Waals surface area contributed by atoms with E-state index < -0.39 is 0 Å². The number of hydrogen-bond acceptors (Lipinski definition) is 2. The standard InChI is InChI=1S/C18H36N2/c1-4-8-16-9-7-10-17(12-11-16)19-15-18(20(2)3)13-5-6-14-18/h16-17,19H,4-15H2,1-3H3. The minimum Gasteiger partial charge on any atom is -0.312 e. The Bertz CT molecular complexity index is 269. The average molecular weight is 280 g/mol. The largest absolute Gasteiger partial charge is 0.312 e. The second-order valence-corrected chi connectivity index (χ2v) is 7.57. The van der Waals surface area contributed by atoms with Crippen LogP contribution in [0, 0.1) is 5.92 Å². The Balaban J connectivity index is 1.78. The molecule has 2 aliphatic carbocycles. The van der Waals surface area contributed by atoms with Crippen molar-refractivity contribution in [3.63, 3.8) is 0 Å². The van der Waals surface area contributed by atoms with Crippen molar-refractivity contribution in [2.24, 2.45) is 5.92 Å². The fraction of sp³-hybridized carbons (Fsp3) is 1.00. The molecule has 0 aromatic carbocycles. The lowest BCUT2D eigenvalue weighted by Gasteiger charge is -2.38. The number of hydrogen-bond donors (Lipinski definition) is 1. The van der Waals surface area contributed by atoms with Crippen molar-refractivity contribution in [2.45, 2.75) is 89.1 Å². The molecule has 2 heteroatoms. The molecular formula is C18H36N2. The van der Waals surface area contributed by atoms with Crippen molar-refractivity contribution in [3.05, 3.63) is 0 Å². The maximum Gasteiger partial charge on any atom is 0.0327 e. The highest BCUT2D eigenvalue weighted by atomic mass is 15.2. The zero-order valence-corrected chi connectivity index (χ0v) is 14.1. The van der Waals surface area contributed by atoms with Gasteiger partial charge in [0.25, 0.3) is 0 Å². The molecule has 2 atom stereocenters. The molecule has 0 aliphatic heterocycles. The van der Waals surface area contributed by atoms with Gasteiger partial charge in [-0.05, 0) is 52.1 Å². The lowest BCUT2D eigenvalue weighted by molar-refractivity contribution is 0.147. The average Bonchev–Trinajstić information content (AvgIpc) is 2.80. The molecule has 2 rings (SSSR count). The lowest BCUT2D eigenvalue weighted by Crippen LogP contribution is -2.51. The first kappa shape index (κ1) is 16.3. The van der Waals surface area contributed by atoms with Crippen molar-refractivity contribution < 1.29 is 0 Å². The van der Waals surface area contributed by atoms with E-state index in [0.717, 1.165) is 12.0 Å². The molecule has 2 saturated carbocycles. The van der Waals surface area contributed by atoms with Gasteiger partial charge in [0, 0.05) is 18.1 Å². The van der Waals surface area contributed by atoms with Gasteiger partial charge in [0.2, 0.25) is 0 Å². The van der Waals surface area contributed by atoms with Crippen LogP contribution >= 0.6 is 0 Å². The van der Waals surface area contributed by atoms with E-state index in [0.29, 0.717) is 5.54 Å². The van der Waals surface area contributed by atoms with E-state index in [1.54, 1.807) is 0 Å². The maximum atomic E-state index is 3.95. The van der Waals surface area contributed by atoms with Crippen molar-refractivity contribution in [1.29, 1.82) is 0 Å². The zero-order valence-electron chi connectivity index (χ0n) is 14.1. The van der Waals surface area contributed by atoms with Crippen LogP contribution in [0.4, 0.5) is 0 Å². The minimum absolute atomic E-state index is 0.453. The minimum atomic E-state index is 0.453. The molecule has 2 aliphatic rings. The molecule has 118 valence electrons. The highest BCUT2D eigenvalue weighted by Crippen LogP contribution is 2.34. The topological polar surface area (TPSA) is 15.3 Å². The van der Waals surface area contributed by atoms with E-state index in [-0.39, 0.29) is 0 Å². The summed E-state index contributed by atoms with van der Waals surface area (Å²) in [6.07, 6.45) is 15.6. The van der Waals surface area contributed by atoms with Crippen LogP contribution in [0.2, 0.25) is 0 Å². The summed E-state index contributed by atoms with van der Waals surface area (Å²) in [6.45, 7) is 3.55. The van der Waals surface area contributed by atoms with E-state index in [4.69, 9.17) is 0 Å². The van der Waals surface area contributed by atoms with Gasteiger partial charge in [0.05, 0.1) is 0 Å². The summed E-state index contributed by atoms with van der Waals surface area (Å²) in [4.78, 5) is 2.49. The summed E-state index contributed by atoms with van der Waals surface area (Å²) in [5.41, 5.74) is 0.453. The van der Waals surface area contributed by atoms with Crippen LogP contribution in [0.25, 0.3) is 0 Å². The normalized spacial score (nSPS) is 30.6. The molecule has 0 spiro atoms. The SMILES string of the molecule is CCCC1CCCC(NCC2(N(C)C)CCCC2)CC1. The maximum absolute atomic E-state index is 3.95. The monoisotopic (exact) mass is 280 g/mol. The van der Waals surface area contributed by atoms with Gasteiger partial charge in [0.1, 0.15) is 0 Å². The van der Waals surface area contributed by atoms with Crippen LogP contribution in [0.5, 0.6) is 0 Å². The predicted molar refractivity (Wildman–Crippen MR) is 88.2 cm³/mol. The van der Waals surface area contributed by atoms with E-state index in [1.807, 2.05) is 0 Å². The molecule has 0 heterocycles. The van der Waals surface area contributed by atoms with Crippen molar-refractivity contribution in [3.8, 4) is 0 Å². The smallest absolute Gasteiger partial charge is 0.0327 e. The van der Waals surface area contributed by atoms with E-state index in [9.17, 15) is 0 Å². The van der Waals surface area contributed by atoms with Gasteiger partial charge in [-0.25, -0.2) is 0 Å². The molecule has 0 bridgehead atoms. The summed E-state index contributed by atoms with van der Waals surface area (Å²) < 4.78 is 0. The third kappa shape index (κ3) is 4.21. The Kier molecular flexibility index (Phi) is 6.35. The predicted octanol–water partition coefficient (Wildman–Crippen LogP) is 4.20. The molecule has 0 radical (unpaired) electrons.